The molecule has 0 saturated heterocycles. The fourth-order valence-corrected chi connectivity index (χ4v) is 2.92. The molecule has 0 aliphatic carbocycles. The van der Waals surface area contributed by atoms with E-state index in [1.807, 2.05) is 13.0 Å². The van der Waals surface area contributed by atoms with Gasteiger partial charge in [-0.25, -0.2) is 0 Å². The van der Waals surface area contributed by atoms with E-state index in [0.29, 0.717) is 22.7 Å². The second-order valence-electron chi connectivity index (χ2n) is 5.65. The quantitative estimate of drug-likeness (QED) is 0.731. The van der Waals surface area contributed by atoms with Gasteiger partial charge in [-0.2, -0.15) is 10.5 Å². The maximum absolute atomic E-state index is 9.50. The van der Waals surface area contributed by atoms with E-state index in [9.17, 15) is 5.26 Å². The van der Waals surface area contributed by atoms with Gasteiger partial charge in [0.2, 0.25) is 0 Å². The molecular weight excluding hydrogens is 258 g/mol. The van der Waals surface area contributed by atoms with Crippen LogP contribution in [0.4, 0.5) is 5.69 Å². The van der Waals surface area contributed by atoms with Gasteiger partial charge in [0.25, 0.3) is 0 Å². The molecule has 0 atom stereocenters. The number of nitriles is 2. The lowest BCUT2D eigenvalue weighted by Gasteiger charge is -2.22. The average Bonchev–Trinajstić information content (AvgIpc) is 2.49. The topological polar surface area (TPSA) is 73.6 Å². The Labute approximate surface area is 128 Å². The van der Waals surface area contributed by atoms with Crippen LogP contribution in [0.25, 0.3) is 0 Å². The predicted molar refractivity (Wildman–Crippen MR) is 86.8 cm³/mol. The van der Waals surface area contributed by atoms with Crippen molar-refractivity contribution in [2.45, 2.75) is 65.2 Å². The largest absolute Gasteiger partial charge is 0.397 e. The summed E-state index contributed by atoms with van der Waals surface area (Å²) in [5.74, 6) is 0.370. The first-order valence-corrected chi connectivity index (χ1v) is 7.83. The highest BCUT2D eigenvalue weighted by Crippen LogP contribution is 2.36. The van der Waals surface area contributed by atoms with Crippen molar-refractivity contribution in [1.82, 2.24) is 0 Å². The second kappa shape index (κ2) is 8.32. The molecule has 21 heavy (non-hydrogen) atoms. The molecule has 2 N–H and O–H groups in total. The number of hydrogen-bond donors (Lipinski definition) is 1. The number of benzene rings is 1. The Kier molecular flexibility index (Phi) is 6.76. The second-order valence-corrected chi connectivity index (χ2v) is 5.65. The Morgan fingerprint density at radius 1 is 1.10 bits per heavy atom. The summed E-state index contributed by atoms with van der Waals surface area (Å²) in [7, 11) is 0. The monoisotopic (exact) mass is 283 g/mol. The molecule has 0 amide bonds. The van der Waals surface area contributed by atoms with E-state index in [-0.39, 0.29) is 0 Å². The van der Waals surface area contributed by atoms with E-state index in [1.54, 1.807) is 0 Å². The van der Waals surface area contributed by atoms with Crippen LogP contribution >= 0.6 is 0 Å². The van der Waals surface area contributed by atoms with E-state index >= 15 is 0 Å². The molecule has 3 nitrogen and oxygen atoms in total. The van der Waals surface area contributed by atoms with Crippen molar-refractivity contribution in [3.63, 3.8) is 0 Å². The number of hydrogen-bond acceptors (Lipinski definition) is 3. The summed E-state index contributed by atoms with van der Waals surface area (Å²) in [6, 6.07) is 6.15. The molecule has 1 rings (SSSR count). The molecule has 0 bridgehead atoms. The highest BCUT2D eigenvalue weighted by Gasteiger charge is 2.21. The van der Waals surface area contributed by atoms with Crippen molar-refractivity contribution in [2.75, 3.05) is 5.73 Å². The van der Waals surface area contributed by atoms with E-state index in [1.165, 1.54) is 0 Å². The number of nitrogens with zero attached hydrogens (tertiary/aromatic N) is 2. The van der Waals surface area contributed by atoms with E-state index in [2.05, 4.69) is 26.0 Å². The predicted octanol–water partition coefficient (Wildman–Crippen LogP) is 4.78. The number of rotatable bonds is 7. The van der Waals surface area contributed by atoms with Crippen molar-refractivity contribution in [3.8, 4) is 12.1 Å². The first-order chi connectivity index (χ1) is 10.1. The minimum Gasteiger partial charge on any atom is -0.397 e. The smallest absolute Gasteiger partial charge is 0.102 e. The SMILES string of the molecule is CCCCC(CCCC)c1c(C)cc(C#N)c(N)c1C#N. The molecule has 0 saturated carbocycles. The van der Waals surface area contributed by atoms with Gasteiger partial charge in [-0.05, 0) is 42.9 Å². The van der Waals surface area contributed by atoms with Crippen molar-refractivity contribution >= 4 is 5.69 Å². The lowest BCUT2D eigenvalue weighted by Crippen LogP contribution is -2.09. The number of nitrogens with two attached hydrogens (primary N) is 1. The normalized spacial score (nSPS) is 10.4. The molecule has 1 aromatic carbocycles. The Hall–Kier alpha value is -2.00. The molecule has 0 spiro atoms. The van der Waals surface area contributed by atoms with E-state index in [0.717, 1.165) is 49.7 Å². The van der Waals surface area contributed by atoms with Crippen molar-refractivity contribution in [3.05, 3.63) is 28.3 Å². The third-order valence-electron chi connectivity index (χ3n) is 4.07. The molecule has 0 heterocycles. The highest BCUT2D eigenvalue weighted by molar-refractivity contribution is 5.69. The van der Waals surface area contributed by atoms with Gasteiger partial charge in [0.15, 0.2) is 0 Å². The Bertz CT molecular complexity index is 553. The van der Waals surface area contributed by atoms with Crippen LogP contribution < -0.4 is 5.73 Å². The summed E-state index contributed by atoms with van der Waals surface area (Å²) in [5.41, 5.74) is 9.39. The van der Waals surface area contributed by atoms with Gasteiger partial charge in [0, 0.05) is 0 Å². The van der Waals surface area contributed by atoms with Gasteiger partial charge in [-0.15, -0.1) is 0 Å². The third kappa shape index (κ3) is 3.99. The molecule has 0 aromatic heterocycles. The zero-order valence-corrected chi connectivity index (χ0v) is 13.4. The Balaban J connectivity index is 3.33. The van der Waals surface area contributed by atoms with Crippen molar-refractivity contribution in [1.29, 1.82) is 10.5 Å². The molecule has 112 valence electrons. The minimum atomic E-state index is 0.346. The van der Waals surface area contributed by atoms with Crippen LogP contribution in [0.5, 0.6) is 0 Å². The Morgan fingerprint density at radius 3 is 2.10 bits per heavy atom. The van der Waals surface area contributed by atoms with Gasteiger partial charge in [0.05, 0.1) is 16.8 Å². The molecule has 0 unspecified atom stereocenters. The highest BCUT2D eigenvalue weighted by atomic mass is 14.6. The summed E-state index contributed by atoms with van der Waals surface area (Å²) >= 11 is 0. The summed E-state index contributed by atoms with van der Waals surface area (Å²) in [5, 5.41) is 18.6. The standard InChI is InChI=1S/C18H25N3/c1-4-6-8-14(9-7-5-2)17-13(3)10-15(11-19)18(21)16(17)12-20/h10,14H,4-9,21H2,1-3H3. The lowest BCUT2D eigenvalue weighted by molar-refractivity contribution is 0.522. The number of unbranched alkanes of at least 4 members (excludes halogenated alkanes) is 2. The van der Waals surface area contributed by atoms with Gasteiger partial charge in [-0.1, -0.05) is 39.5 Å². The van der Waals surface area contributed by atoms with Gasteiger partial charge in [0.1, 0.15) is 12.1 Å². The van der Waals surface area contributed by atoms with E-state index in [4.69, 9.17) is 11.0 Å². The van der Waals surface area contributed by atoms with Crippen LogP contribution in [-0.2, 0) is 0 Å². The van der Waals surface area contributed by atoms with Crippen molar-refractivity contribution < 1.29 is 0 Å². The Morgan fingerprint density at radius 2 is 1.67 bits per heavy atom. The molecular formula is C18H25N3. The fourth-order valence-electron chi connectivity index (χ4n) is 2.92. The van der Waals surface area contributed by atoms with Crippen LogP contribution in [0.15, 0.2) is 6.07 Å². The van der Waals surface area contributed by atoms with Gasteiger partial charge < -0.3 is 5.73 Å². The number of nitrogen functional groups attached to an aromatic ring is 1. The zero-order chi connectivity index (χ0) is 15.8. The number of anilines is 1. The van der Waals surface area contributed by atoms with Crippen LogP contribution in [0.3, 0.4) is 0 Å². The number of aryl methyl sites for hydroxylation is 1. The van der Waals surface area contributed by atoms with E-state index < -0.39 is 0 Å². The summed E-state index contributed by atoms with van der Waals surface area (Å²) in [4.78, 5) is 0. The molecule has 0 fully saturated rings. The maximum Gasteiger partial charge on any atom is 0.102 e. The van der Waals surface area contributed by atoms with Gasteiger partial charge >= 0.3 is 0 Å². The summed E-state index contributed by atoms with van der Waals surface area (Å²) in [6.45, 7) is 6.35. The van der Waals surface area contributed by atoms with Gasteiger partial charge in [-0.3, -0.25) is 0 Å². The fraction of sp³-hybridized carbons (Fsp3) is 0.556. The van der Waals surface area contributed by atoms with Crippen LogP contribution in [0.1, 0.15) is 80.5 Å². The summed E-state index contributed by atoms with van der Waals surface area (Å²) in [6.07, 6.45) is 6.76. The molecule has 0 radical (unpaired) electrons. The average molecular weight is 283 g/mol. The minimum absolute atomic E-state index is 0.346. The van der Waals surface area contributed by atoms with Crippen LogP contribution in [0, 0.1) is 29.6 Å². The van der Waals surface area contributed by atoms with Crippen LogP contribution in [0.2, 0.25) is 0 Å². The first-order valence-electron chi connectivity index (χ1n) is 7.83. The van der Waals surface area contributed by atoms with Crippen molar-refractivity contribution in [2.24, 2.45) is 0 Å². The maximum atomic E-state index is 9.50. The molecule has 3 heteroatoms. The molecule has 1 aromatic rings. The van der Waals surface area contributed by atoms with Crippen LogP contribution in [-0.4, -0.2) is 0 Å². The first kappa shape index (κ1) is 17.1. The lowest BCUT2D eigenvalue weighted by atomic mass is 9.82. The molecule has 0 aliphatic heterocycles. The molecule has 0 aliphatic rings. The third-order valence-corrected chi connectivity index (χ3v) is 4.07. The zero-order valence-electron chi connectivity index (χ0n) is 13.4. The summed E-state index contributed by atoms with van der Waals surface area (Å²) < 4.78 is 0.